The number of imide groups is 1. The first-order valence-electron chi connectivity index (χ1n) is 8.67. The van der Waals surface area contributed by atoms with Crippen molar-refractivity contribution in [2.24, 2.45) is 0 Å². The number of esters is 1. The molecule has 1 unspecified atom stereocenters. The number of sulfonamides is 1. The molecular formula is C17H24ClN3O6S. The highest BCUT2D eigenvalue weighted by Gasteiger charge is 2.26. The summed E-state index contributed by atoms with van der Waals surface area (Å²) in [5, 5.41) is 4.36. The highest BCUT2D eigenvalue weighted by Crippen LogP contribution is 2.24. The second-order valence-electron chi connectivity index (χ2n) is 5.63. The van der Waals surface area contributed by atoms with Crippen molar-refractivity contribution in [3.8, 4) is 0 Å². The van der Waals surface area contributed by atoms with Gasteiger partial charge in [-0.25, -0.2) is 18.0 Å². The molecule has 0 spiro atoms. The van der Waals surface area contributed by atoms with Crippen LogP contribution < -0.4 is 10.6 Å². The first kappa shape index (κ1) is 23.9. The lowest BCUT2D eigenvalue weighted by Crippen LogP contribution is -2.44. The monoisotopic (exact) mass is 433 g/mol. The molecule has 0 radical (unpaired) electrons. The summed E-state index contributed by atoms with van der Waals surface area (Å²) in [6.07, 6.45) is -1.30. The Labute approximate surface area is 169 Å². The van der Waals surface area contributed by atoms with Crippen molar-refractivity contribution in [3.05, 3.63) is 28.8 Å². The molecule has 0 fully saturated rings. The van der Waals surface area contributed by atoms with Crippen molar-refractivity contribution in [1.82, 2.24) is 14.9 Å². The quantitative estimate of drug-likeness (QED) is 0.602. The maximum absolute atomic E-state index is 12.6. The van der Waals surface area contributed by atoms with Crippen LogP contribution in [0.2, 0.25) is 5.02 Å². The standard InChI is InChI=1S/C17H24ClN3O6S/c1-5-19-17(24)20-15(22)11(4)27-16(23)13-10-12(8-9-14(13)18)28(25,26)21(6-2)7-3/h8-11H,5-7H2,1-4H3,(H2,19,20,22,24). The number of ether oxygens (including phenoxy) is 1. The maximum atomic E-state index is 12.6. The van der Waals surface area contributed by atoms with E-state index in [1.165, 1.54) is 23.4 Å². The fourth-order valence-electron chi connectivity index (χ4n) is 2.23. The number of amides is 3. The number of urea groups is 1. The lowest BCUT2D eigenvalue weighted by Gasteiger charge is -2.19. The zero-order chi connectivity index (χ0) is 21.5. The summed E-state index contributed by atoms with van der Waals surface area (Å²) in [4.78, 5) is 35.5. The molecule has 156 valence electrons. The van der Waals surface area contributed by atoms with Gasteiger partial charge in [0.15, 0.2) is 6.10 Å². The Bertz CT molecular complexity index is 839. The smallest absolute Gasteiger partial charge is 0.340 e. The molecule has 1 aromatic carbocycles. The highest BCUT2D eigenvalue weighted by atomic mass is 35.5. The van der Waals surface area contributed by atoms with Crippen LogP contribution in [0.15, 0.2) is 23.1 Å². The minimum atomic E-state index is -3.81. The van der Waals surface area contributed by atoms with Crippen LogP contribution in [-0.2, 0) is 19.6 Å². The average molecular weight is 434 g/mol. The van der Waals surface area contributed by atoms with Gasteiger partial charge in [0.05, 0.1) is 15.5 Å². The van der Waals surface area contributed by atoms with Crippen LogP contribution >= 0.6 is 11.6 Å². The van der Waals surface area contributed by atoms with Gasteiger partial charge in [-0.15, -0.1) is 0 Å². The minimum absolute atomic E-state index is 0.0279. The Balaban J connectivity index is 3.03. The van der Waals surface area contributed by atoms with Crippen molar-refractivity contribution in [1.29, 1.82) is 0 Å². The fourth-order valence-corrected chi connectivity index (χ4v) is 3.91. The summed E-state index contributed by atoms with van der Waals surface area (Å²) in [5.41, 5.74) is -0.201. The molecule has 0 saturated heterocycles. The number of halogens is 1. The number of hydrogen-bond donors (Lipinski definition) is 2. The van der Waals surface area contributed by atoms with E-state index in [2.05, 4.69) is 5.32 Å². The Kier molecular flexibility index (Phi) is 8.86. The van der Waals surface area contributed by atoms with Gasteiger partial charge in [-0.2, -0.15) is 4.31 Å². The molecule has 3 amide bonds. The first-order chi connectivity index (χ1) is 13.1. The van der Waals surface area contributed by atoms with Crippen LogP contribution in [0.25, 0.3) is 0 Å². The van der Waals surface area contributed by atoms with Gasteiger partial charge in [-0.1, -0.05) is 25.4 Å². The van der Waals surface area contributed by atoms with Gasteiger partial charge in [0, 0.05) is 19.6 Å². The van der Waals surface area contributed by atoms with Crippen LogP contribution in [0.5, 0.6) is 0 Å². The lowest BCUT2D eigenvalue weighted by molar-refractivity contribution is -0.127. The number of carbonyl (C=O) groups excluding carboxylic acids is 3. The summed E-state index contributed by atoms with van der Waals surface area (Å²) in [6, 6.07) is 2.94. The second-order valence-corrected chi connectivity index (χ2v) is 7.97. The average Bonchev–Trinajstić information content (AvgIpc) is 2.62. The van der Waals surface area contributed by atoms with E-state index in [1.807, 2.05) is 5.32 Å². The van der Waals surface area contributed by atoms with E-state index in [0.29, 0.717) is 6.54 Å². The number of benzene rings is 1. The molecule has 1 aromatic rings. The van der Waals surface area contributed by atoms with Crippen molar-refractivity contribution in [3.63, 3.8) is 0 Å². The van der Waals surface area contributed by atoms with E-state index in [4.69, 9.17) is 16.3 Å². The third-order valence-corrected chi connectivity index (χ3v) is 6.10. The molecule has 28 heavy (non-hydrogen) atoms. The summed E-state index contributed by atoms with van der Waals surface area (Å²) in [7, 11) is -3.81. The number of nitrogens with zero attached hydrogens (tertiary/aromatic N) is 1. The van der Waals surface area contributed by atoms with E-state index in [0.717, 1.165) is 6.07 Å². The van der Waals surface area contributed by atoms with Crippen LogP contribution in [0, 0.1) is 0 Å². The zero-order valence-electron chi connectivity index (χ0n) is 16.1. The van der Waals surface area contributed by atoms with E-state index in [1.54, 1.807) is 20.8 Å². The molecule has 11 heteroatoms. The molecule has 0 heterocycles. The largest absolute Gasteiger partial charge is 0.449 e. The van der Waals surface area contributed by atoms with E-state index < -0.39 is 34.0 Å². The number of rotatable bonds is 8. The van der Waals surface area contributed by atoms with Gasteiger partial charge >= 0.3 is 12.0 Å². The van der Waals surface area contributed by atoms with Crippen molar-refractivity contribution < 1.29 is 27.5 Å². The topological polar surface area (TPSA) is 122 Å². The van der Waals surface area contributed by atoms with Gasteiger partial charge in [-0.05, 0) is 32.0 Å². The lowest BCUT2D eigenvalue weighted by atomic mass is 10.2. The minimum Gasteiger partial charge on any atom is -0.449 e. The third-order valence-electron chi connectivity index (χ3n) is 3.73. The van der Waals surface area contributed by atoms with E-state index in [-0.39, 0.29) is 28.6 Å². The Morgan fingerprint density at radius 1 is 1.18 bits per heavy atom. The molecule has 0 bridgehead atoms. The Morgan fingerprint density at radius 2 is 1.79 bits per heavy atom. The number of carbonyl (C=O) groups is 3. The number of hydrogen-bond acceptors (Lipinski definition) is 6. The third kappa shape index (κ3) is 5.91. The summed E-state index contributed by atoms with van der Waals surface area (Å²) < 4.78 is 31.5. The molecule has 0 aliphatic carbocycles. The summed E-state index contributed by atoms with van der Waals surface area (Å²) >= 11 is 6.00. The molecule has 0 aliphatic heterocycles. The molecule has 1 rings (SSSR count). The SMILES string of the molecule is CCNC(=O)NC(=O)C(C)OC(=O)c1cc(S(=O)(=O)N(CC)CC)ccc1Cl. The summed E-state index contributed by atoms with van der Waals surface area (Å²) in [5.74, 6) is -1.82. The Morgan fingerprint density at radius 3 is 2.32 bits per heavy atom. The van der Waals surface area contributed by atoms with E-state index >= 15 is 0 Å². The zero-order valence-corrected chi connectivity index (χ0v) is 17.7. The predicted octanol–water partition coefficient (Wildman–Crippen LogP) is 1.76. The van der Waals surface area contributed by atoms with Crippen LogP contribution in [0.4, 0.5) is 4.79 Å². The predicted molar refractivity (Wildman–Crippen MR) is 104 cm³/mol. The molecule has 2 N–H and O–H groups in total. The van der Waals surface area contributed by atoms with Gasteiger partial charge in [0.25, 0.3) is 5.91 Å². The van der Waals surface area contributed by atoms with E-state index in [9.17, 15) is 22.8 Å². The number of nitrogens with one attached hydrogen (secondary N) is 2. The van der Waals surface area contributed by atoms with Crippen LogP contribution in [-0.4, -0.2) is 56.4 Å². The molecule has 0 aromatic heterocycles. The van der Waals surface area contributed by atoms with Crippen molar-refractivity contribution in [2.45, 2.75) is 38.7 Å². The second kappa shape index (κ2) is 10.4. The van der Waals surface area contributed by atoms with Crippen LogP contribution in [0.3, 0.4) is 0 Å². The maximum Gasteiger partial charge on any atom is 0.340 e. The van der Waals surface area contributed by atoms with Crippen molar-refractivity contribution >= 4 is 39.5 Å². The highest BCUT2D eigenvalue weighted by molar-refractivity contribution is 7.89. The Hall–Kier alpha value is -2.17. The fraction of sp³-hybridized carbons (Fsp3) is 0.471. The van der Waals surface area contributed by atoms with Crippen molar-refractivity contribution in [2.75, 3.05) is 19.6 Å². The normalized spacial score (nSPS) is 12.4. The molecular weight excluding hydrogens is 410 g/mol. The molecule has 9 nitrogen and oxygen atoms in total. The first-order valence-corrected chi connectivity index (χ1v) is 10.5. The molecule has 0 saturated carbocycles. The van der Waals surface area contributed by atoms with Gasteiger partial charge in [-0.3, -0.25) is 10.1 Å². The molecule has 1 atom stereocenters. The summed E-state index contributed by atoms with van der Waals surface area (Å²) in [6.45, 7) is 7.18. The van der Waals surface area contributed by atoms with Gasteiger partial charge in [0.2, 0.25) is 10.0 Å². The van der Waals surface area contributed by atoms with Gasteiger partial charge in [0.1, 0.15) is 0 Å². The molecule has 0 aliphatic rings. The van der Waals surface area contributed by atoms with Crippen LogP contribution in [0.1, 0.15) is 38.1 Å². The van der Waals surface area contributed by atoms with Gasteiger partial charge < -0.3 is 10.1 Å².